The van der Waals surface area contributed by atoms with Crippen LogP contribution in [0.1, 0.15) is 25.0 Å². The van der Waals surface area contributed by atoms with Gasteiger partial charge in [-0.2, -0.15) is 0 Å². The summed E-state index contributed by atoms with van der Waals surface area (Å²) in [6, 6.07) is 76.7. The molecule has 1 heterocycles. The lowest BCUT2D eigenvalue weighted by Gasteiger charge is -2.30. The van der Waals surface area contributed by atoms with Crippen LogP contribution in [-0.4, -0.2) is 0 Å². The quantitative estimate of drug-likeness (QED) is 0.168. The maximum absolute atomic E-state index is 7.51. The maximum atomic E-state index is 7.51. The van der Waals surface area contributed by atoms with E-state index in [-0.39, 0.29) is 5.41 Å². The minimum Gasteiger partial charge on any atom is -0.453 e. The Morgan fingerprint density at radius 3 is 1.56 bits per heavy atom. The van der Waals surface area contributed by atoms with Gasteiger partial charge in [0.2, 0.25) is 0 Å². The van der Waals surface area contributed by atoms with Gasteiger partial charge in [-0.1, -0.05) is 190 Å². The minimum atomic E-state index is -0.159. The van der Waals surface area contributed by atoms with E-state index in [4.69, 9.17) is 4.74 Å². The van der Waals surface area contributed by atoms with E-state index in [0.717, 1.165) is 61.9 Å². The summed E-state index contributed by atoms with van der Waals surface area (Å²) >= 11 is 0. The SMILES string of the molecule is CC1(C)c2ccccc2-c2ccc(N(c3ccc(-c4ccccc4)cc3)c3cccc4c3Oc3c(-c5ccccc5)cccc3-c3cc(-c5ccccc5)ccc3-4)cc21. The molecular formula is C57H41NO. The first-order chi connectivity index (χ1) is 29.0. The molecule has 59 heavy (non-hydrogen) atoms. The Bertz CT molecular complexity index is 3020. The molecular weight excluding hydrogens is 715 g/mol. The maximum Gasteiger partial charge on any atom is 0.159 e. The molecule has 1 aliphatic carbocycles. The second-order valence-corrected chi connectivity index (χ2v) is 16.1. The highest BCUT2D eigenvalue weighted by atomic mass is 16.5. The molecule has 0 saturated heterocycles. The van der Waals surface area contributed by atoms with E-state index >= 15 is 0 Å². The number of ether oxygens (including phenoxy) is 1. The molecule has 0 N–H and O–H groups in total. The number of para-hydroxylation sites is 2. The molecule has 0 atom stereocenters. The highest BCUT2D eigenvalue weighted by molar-refractivity contribution is 5.99. The Balaban J connectivity index is 1.16. The van der Waals surface area contributed by atoms with Crippen LogP contribution >= 0.6 is 0 Å². The number of rotatable bonds is 6. The zero-order chi connectivity index (χ0) is 39.5. The van der Waals surface area contributed by atoms with E-state index in [1.165, 1.54) is 44.5 Å². The normalized spacial score (nSPS) is 12.8. The summed E-state index contributed by atoms with van der Waals surface area (Å²) < 4.78 is 7.51. The second-order valence-electron chi connectivity index (χ2n) is 16.1. The van der Waals surface area contributed by atoms with E-state index in [1.54, 1.807) is 0 Å². The van der Waals surface area contributed by atoms with Crippen LogP contribution in [0.2, 0.25) is 0 Å². The summed E-state index contributed by atoms with van der Waals surface area (Å²) in [7, 11) is 0. The van der Waals surface area contributed by atoms with E-state index < -0.39 is 0 Å². The summed E-state index contributed by atoms with van der Waals surface area (Å²) in [6.07, 6.45) is 0. The van der Waals surface area contributed by atoms with Gasteiger partial charge in [-0.15, -0.1) is 0 Å². The Labute approximate surface area is 346 Å². The van der Waals surface area contributed by atoms with Crippen LogP contribution in [-0.2, 0) is 5.41 Å². The van der Waals surface area contributed by atoms with Gasteiger partial charge >= 0.3 is 0 Å². The monoisotopic (exact) mass is 755 g/mol. The van der Waals surface area contributed by atoms with E-state index in [2.05, 4.69) is 231 Å². The van der Waals surface area contributed by atoms with E-state index in [9.17, 15) is 0 Å². The molecule has 0 amide bonds. The van der Waals surface area contributed by atoms with Gasteiger partial charge in [0.25, 0.3) is 0 Å². The fourth-order valence-corrected chi connectivity index (χ4v) is 9.33. The highest BCUT2D eigenvalue weighted by Crippen LogP contribution is 2.56. The van der Waals surface area contributed by atoms with Gasteiger partial charge in [-0.05, 0) is 97.6 Å². The summed E-state index contributed by atoms with van der Waals surface area (Å²) in [5.74, 6) is 1.67. The van der Waals surface area contributed by atoms with Gasteiger partial charge in [-0.25, -0.2) is 0 Å². The van der Waals surface area contributed by atoms with Crippen molar-refractivity contribution in [2.45, 2.75) is 19.3 Å². The fourth-order valence-electron chi connectivity index (χ4n) is 9.33. The number of fused-ring (bicyclic) bond motifs is 8. The third-order valence-electron chi connectivity index (χ3n) is 12.3. The summed E-state index contributed by atoms with van der Waals surface area (Å²) in [6.45, 7) is 4.70. The molecule has 0 saturated carbocycles. The number of hydrogen-bond acceptors (Lipinski definition) is 2. The van der Waals surface area contributed by atoms with Crippen LogP contribution in [0.5, 0.6) is 11.5 Å². The molecule has 0 radical (unpaired) electrons. The van der Waals surface area contributed by atoms with Gasteiger partial charge in [0.05, 0.1) is 5.69 Å². The first-order valence-electron chi connectivity index (χ1n) is 20.4. The third kappa shape index (κ3) is 5.79. The highest BCUT2D eigenvalue weighted by Gasteiger charge is 2.36. The first kappa shape index (κ1) is 34.8. The number of anilines is 3. The van der Waals surface area contributed by atoms with Crippen LogP contribution in [0.15, 0.2) is 212 Å². The smallest absolute Gasteiger partial charge is 0.159 e. The lowest BCUT2D eigenvalue weighted by molar-refractivity contribution is 0.490. The third-order valence-corrected chi connectivity index (χ3v) is 12.3. The molecule has 2 heteroatoms. The van der Waals surface area contributed by atoms with Crippen molar-refractivity contribution in [2.24, 2.45) is 0 Å². The summed E-state index contributed by atoms with van der Waals surface area (Å²) in [5, 5.41) is 0. The topological polar surface area (TPSA) is 12.5 Å². The summed E-state index contributed by atoms with van der Waals surface area (Å²) in [4.78, 5) is 2.39. The average molecular weight is 756 g/mol. The van der Waals surface area contributed by atoms with Crippen LogP contribution in [0, 0.1) is 0 Å². The Hall–Kier alpha value is -7.42. The molecule has 280 valence electrons. The predicted octanol–water partition coefficient (Wildman–Crippen LogP) is 15.9. The number of nitrogens with zero attached hydrogens (tertiary/aromatic N) is 1. The van der Waals surface area contributed by atoms with Crippen LogP contribution in [0.3, 0.4) is 0 Å². The molecule has 0 fully saturated rings. The van der Waals surface area contributed by atoms with Crippen molar-refractivity contribution in [3.8, 4) is 78.3 Å². The molecule has 1 aliphatic heterocycles. The number of hydrogen-bond donors (Lipinski definition) is 0. The van der Waals surface area contributed by atoms with Crippen molar-refractivity contribution < 1.29 is 4.74 Å². The molecule has 9 aromatic carbocycles. The number of benzene rings is 9. The van der Waals surface area contributed by atoms with Crippen molar-refractivity contribution in [3.05, 3.63) is 223 Å². The average Bonchev–Trinajstić information content (AvgIpc) is 3.42. The molecule has 11 rings (SSSR count). The van der Waals surface area contributed by atoms with Gasteiger partial charge in [0.15, 0.2) is 5.75 Å². The van der Waals surface area contributed by atoms with Crippen molar-refractivity contribution in [1.29, 1.82) is 0 Å². The van der Waals surface area contributed by atoms with Gasteiger partial charge in [-0.3, -0.25) is 0 Å². The van der Waals surface area contributed by atoms with Crippen molar-refractivity contribution in [3.63, 3.8) is 0 Å². The van der Waals surface area contributed by atoms with Gasteiger partial charge < -0.3 is 9.64 Å². The predicted molar refractivity (Wildman–Crippen MR) is 246 cm³/mol. The molecule has 0 unspecified atom stereocenters. The standard InChI is InChI=1S/C57H41NO/c1-57(2)52-26-13-12-22-47(52)48-35-33-44(37-53(48)57)58(43-31-28-40(29-32-43)38-16-6-3-7-17-38)54-27-15-25-49-46-34-30-42(39-18-8-4-9-19-39)36-51(46)50-24-14-23-45(55(50)59-56(49)54)41-20-10-5-11-21-41/h3-37H,1-2H3. The molecule has 0 spiro atoms. The van der Waals surface area contributed by atoms with Gasteiger partial charge in [0.1, 0.15) is 5.75 Å². The van der Waals surface area contributed by atoms with Gasteiger partial charge in [0, 0.05) is 33.5 Å². The second kappa shape index (κ2) is 13.9. The largest absolute Gasteiger partial charge is 0.453 e. The molecule has 0 aromatic heterocycles. The van der Waals surface area contributed by atoms with E-state index in [0.29, 0.717) is 0 Å². The van der Waals surface area contributed by atoms with E-state index in [1.807, 2.05) is 0 Å². The summed E-state index contributed by atoms with van der Waals surface area (Å²) in [5.41, 5.74) is 19.5. The van der Waals surface area contributed by atoms with Crippen LogP contribution in [0.25, 0.3) is 66.8 Å². The minimum absolute atomic E-state index is 0.159. The van der Waals surface area contributed by atoms with Crippen LogP contribution < -0.4 is 9.64 Å². The van der Waals surface area contributed by atoms with Crippen molar-refractivity contribution in [2.75, 3.05) is 4.90 Å². The molecule has 2 nitrogen and oxygen atoms in total. The van der Waals surface area contributed by atoms with Crippen LogP contribution in [0.4, 0.5) is 17.1 Å². The Morgan fingerprint density at radius 1 is 0.322 bits per heavy atom. The molecule has 9 aromatic rings. The first-order valence-corrected chi connectivity index (χ1v) is 20.4. The lowest BCUT2D eigenvalue weighted by atomic mass is 9.82. The molecule has 0 bridgehead atoms. The van der Waals surface area contributed by atoms with Crippen molar-refractivity contribution in [1.82, 2.24) is 0 Å². The zero-order valence-corrected chi connectivity index (χ0v) is 33.1. The lowest BCUT2D eigenvalue weighted by Crippen LogP contribution is -2.17. The Morgan fingerprint density at radius 2 is 0.831 bits per heavy atom. The van der Waals surface area contributed by atoms with Crippen molar-refractivity contribution >= 4 is 17.1 Å². The zero-order valence-electron chi connectivity index (χ0n) is 33.1. The fraction of sp³-hybridized carbons (Fsp3) is 0.0526. The Kier molecular flexibility index (Phi) is 8.20. The molecule has 2 aliphatic rings.